The van der Waals surface area contributed by atoms with Crippen molar-refractivity contribution in [3.63, 3.8) is 0 Å². The molecule has 0 unspecified atom stereocenters. The lowest BCUT2D eigenvalue weighted by molar-refractivity contribution is 0.338. The summed E-state index contributed by atoms with van der Waals surface area (Å²) < 4.78 is 5.34. The zero-order valence-corrected chi connectivity index (χ0v) is 9.93. The number of hydrogen-bond donors (Lipinski definition) is 2. The Morgan fingerprint density at radius 1 is 1.33 bits per heavy atom. The number of hydrogen-bond acceptors (Lipinski definition) is 3. The topological polar surface area (TPSA) is 41.5 Å². The Labute approximate surface area is 96.9 Å². The van der Waals surface area contributed by atoms with E-state index in [0.717, 1.165) is 17.9 Å². The molecule has 1 rings (SSSR count). The fourth-order valence-electron chi connectivity index (χ4n) is 1.22. The lowest BCUT2D eigenvalue weighted by Gasteiger charge is -2.08. The fraction of sp³-hybridized carbons (Fsp3) is 0.455. The maximum Gasteiger partial charge on any atom is 0.120 e. The number of benzene rings is 1. The van der Waals surface area contributed by atoms with E-state index in [0.29, 0.717) is 18.9 Å². The SMILES string of the molecule is CCNCc1cc(OCC)ccc1O.Cl. The number of ether oxygens (including phenoxy) is 1. The van der Waals surface area contributed by atoms with Gasteiger partial charge in [0.05, 0.1) is 6.61 Å². The number of rotatable bonds is 5. The molecule has 0 radical (unpaired) electrons. The van der Waals surface area contributed by atoms with E-state index in [4.69, 9.17) is 4.74 Å². The summed E-state index contributed by atoms with van der Waals surface area (Å²) in [6.45, 7) is 6.17. The third-order valence-corrected chi connectivity index (χ3v) is 1.93. The molecule has 0 heterocycles. The normalized spacial score (nSPS) is 9.47. The molecule has 3 nitrogen and oxygen atoms in total. The molecule has 0 saturated heterocycles. The Bertz CT molecular complexity index is 292. The molecule has 0 saturated carbocycles. The summed E-state index contributed by atoms with van der Waals surface area (Å²) in [4.78, 5) is 0. The van der Waals surface area contributed by atoms with E-state index in [1.54, 1.807) is 12.1 Å². The maximum atomic E-state index is 9.53. The van der Waals surface area contributed by atoms with E-state index in [-0.39, 0.29) is 12.4 Å². The van der Waals surface area contributed by atoms with Gasteiger partial charge in [-0.25, -0.2) is 0 Å². The van der Waals surface area contributed by atoms with Gasteiger partial charge in [0.2, 0.25) is 0 Å². The second kappa shape index (κ2) is 7.37. The minimum absolute atomic E-state index is 0. The van der Waals surface area contributed by atoms with E-state index in [2.05, 4.69) is 5.32 Å². The smallest absolute Gasteiger partial charge is 0.120 e. The second-order valence-corrected chi connectivity index (χ2v) is 3.00. The highest BCUT2D eigenvalue weighted by atomic mass is 35.5. The van der Waals surface area contributed by atoms with Crippen LogP contribution in [0.2, 0.25) is 0 Å². The van der Waals surface area contributed by atoms with Crippen LogP contribution in [0.25, 0.3) is 0 Å². The number of nitrogens with one attached hydrogen (secondary N) is 1. The lowest BCUT2D eigenvalue weighted by atomic mass is 10.2. The van der Waals surface area contributed by atoms with E-state index < -0.39 is 0 Å². The number of aromatic hydroxyl groups is 1. The third-order valence-electron chi connectivity index (χ3n) is 1.93. The first-order valence-corrected chi connectivity index (χ1v) is 4.93. The molecular formula is C11H18ClNO2. The van der Waals surface area contributed by atoms with Crippen molar-refractivity contribution in [2.24, 2.45) is 0 Å². The van der Waals surface area contributed by atoms with Crippen molar-refractivity contribution in [2.75, 3.05) is 13.2 Å². The Morgan fingerprint density at radius 2 is 2.07 bits per heavy atom. The van der Waals surface area contributed by atoms with Crippen LogP contribution in [0.3, 0.4) is 0 Å². The predicted molar refractivity (Wildman–Crippen MR) is 63.9 cm³/mol. The first-order chi connectivity index (χ1) is 6.77. The van der Waals surface area contributed by atoms with Crippen LogP contribution in [0.4, 0.5) is 0 Å². The van der Waals surface area contributed by atoms with Crippen LogP contribution in [-0.2, 0) is 6.54 Å². The highest BCUT2D eigenvalue weighted by molar-refractivity contribution is 5.85. The van der Waals surface area contributed by atoms with Gasteiger partial charge in [0, 0.05) is 12.1 Å². The van der Waals surface area contributed by atoms with Gasteiger partial charge in [-0.05, 0) is 31.7 Å². The minimum Gasteiger partial charge on any atom is -0.508 e. The zero-order valence-electron chi connectivity index (χ0n) is 9.12. The lowest BCUT2D eigenvalue weighted by Crippen LogP contribution is -2.11. The molecule has 0 amide bonds. The third kappa shape index (κ3) is 4.40. The molecule has 0 aliphatic heterocycles. The summed E-state index contributed by atoms with van der Waals surface area (Å²) in [5.41, 5.74) is 0.873. The van der Waals surface area contributed by atoms with Gasteiger partial charge in [-0.1, -0.05) is 6.92 Å². The first kappa shape index (κ1) is 14.1. The van der Waals surface area contributed by atoms with Crippen molar-refractivity contribution in [2.45, 2.75) is 20.4 Å². The average molecular weight is 232 g/mol. The van der Waals surface area contributed by atoms with Crippen LogP contribution in [-0.4, -0.2) is 18.3 Å². The summed E-state index contributed by atoms with van der Waals surface area (Å²) >= 11 is 0. The molecule has 0 aliphatic carbocycles. The van der Waals surface area contributed by atoms with Gasteiger partial charge in [-0.15, -0.1) is 12.4 Å². The van der Waals surface area contributed by atoms with Gasteiger partial charge in [0.1, 0.15) is 11.5 Å². The van der Waals surface area contributed by atoms with Crippen LogP contribution in [0.1, 0.15) is 19.4 Å². The number of phenols is 1. The van der Waals surface area contributed by atoms with Crippen molar-refractivity contribution in [3.05, 3.63) is 23.8 Å². The summed E-state index contributed by atoms with van der Waals surface area (Å²) in [7, 11) is 0. The molecule has 0 spiro atoms. The molecule has 15 heavy (non-hydrogen) atoms. The van der Waals surface area contributed by atoms with Crippen molar-refractivity contribution in [1.29, 1.82) is 0 Å². The van der Waals surface area contributed by atoms with Crippen LogP contribution >= 0.6 is 12.4 Å². The zero-order chi connectivity index (χ0) is 10.4. The molecule has 0 bridgehead atoms. The highest BCUT2D eigenvalue weighted by Crippen LogP contribution is 2.22. The van der Waals surface area contributed by atoms with E-state index in [1.165, 1.54) is 0 Å². The number of phenolic OH excluding ortho intramolecular Hbond substituents is 1. The van der Waals surface area contributed by atoms with Gasteiger partial charge in [-0.2, -0.15) is 0 Å². The van der Waals surface area contributed by atoms with Crippen molar-refractivity contribution in [3.8, 4) is 11.5 Å². The van der Waals surface area contributed by atoms with Gasteiger partial charge in [0.15, 0.2) is 0 Å². The minimum atomic E-state index is 0. The largest absolute Gasteiger partial charge is 0.508 e. The molecule has 4 heteroatoms. The van der Waals surface area contributed by atoms with Crippen LogP contribution < -0.4 is 10.1 Å². The van der Waals surface area contributed by atoms with Gasteiger partial charge in [0.25, 0.3) is 0 Å². The van der Waals surface area contributed by atoms with Crippen molar-refractivity contribution < 1.29 is 9.84 Å². The molecule has 1 aromatic rings. The first-order valence-electron chi connectivity index (χ1n) is 4.93. The highest BCUT2D eigenvalue weighted by Gasteiger charge is 2.02. The Hall–Kier alpha value is -0.930. The van der Waals surface area contributed by atoms with Gasteiger partial charge in [-0.3, -0.25) is 0 Å². The van der Waals surface area contributed by atoms with Crippen LogP contribution in [0.5, 0.6) is 11.5 Å². The fourth-order valence-corrected chi connectivity index (χ4v) is 1.22. The second-order valence-electron chi connectivity index (χ2n) is 3.00. The van der Waals surface area contributed by atoms with Gasteiger partial charge >= 0.3 is 0 Å². The number of halogens is 1. The molecule has 1 aromatic carbocycles. The summed E-state index contributed by atoms with van der Waals surface area (Å²) in [5.74, 6) is 1.12. The molecule has 0 aromatic heterocycles. The molecule has 0 atom stereocenters. The summed E-state index contributed by atoms with van der Waals surface area (Å²) in [5, 5.41) is 12.7. The molecule has 86 valence electrons. The van der Waals surface area contributed by atoms with E-state index >= 15 is 0 Å². The van der Waals surface area contributed by atoms with Crippen LogP contribution in [0.15, 0.2) is 18.2 Å². The Kier molecular flexibility index (Phi) is 6.92. The van der Waals surface area contributed by atoms with Crippen molar-refractivity contribution >= 4 is 12.4 Å². The van der Waals surface area contributed by atoms with Gasteiger partial charge < -0.3 is 15.2 Å². The molecule has 0 aliphatic rings. The summed E-state index contributed by atoms with van der Waals surface area (Å²) in [6.07, 6.45) is 0. The monoisotopic (exact) mass is 231 g/mol. The van der Waals surface area contributed by atoms with E-state index in [1.807, 2.05) is 19.9 Å². The van der Waals surface area contributed by atoms with E-state index in [9.17, 15) is 5.11 Å². The molecule has 0 fully saturated rings. The standard InChI is InChI=1S/C11H17NO2.ClH/c1-3-12-8-9-7-10(14-4-2)5-6-11(9)13;/h5-7,12-13H,3-4,8H2,1-2H3;1H. The molecule has 2 N–H and O–H groups in total. The van der Waals surface area contributed by atoms with Crippen LogP contribution in [0, 0.1) is 0 Å². The average Bonchev–Trinajstić information content (AvgIpc) is 2.19. The Morgan fingerprint density at radius 3 is 2.67 bits per heavy atom. The molecular weight excluding hydrogens is 214 g/mol. The Balaban J connectivity index is 0.00000196. The maximum absolute atomic E-state index is 9.53. The predicted octanol–water partition coefficient (Wildman–Crippen LogP) is 2.32. The quantitative estimate of drug-likeness (QED) is 0.817. The summed E-state index contributed by atoms with van der Waals surface area (Å²) in [6, 6.07) is 5.30. The van der Waals surface area contributed by atoms with Crippen molar-refractivity contribution in [1.82, 2.24) is 5.32 Å².